The van der Waals surface area contributed by atoms with Gasteiger partial charge in [-0.15, -0.1) is 0 Å². The molecule has 2 atom stereocenters. The maximum Gasteiger partial charge on any atom is 0.0935 e. The molecule has 2 nitrogen and oxygen atoms in total. The molecule has 2 unspecified atom stereocenters. The summed E-state index contributed by atoms with van der Waals surface area (Å²) in [6, 6.07) is 1.75. The van der Waals surface area contributed by atoms with E-state index in [-0.39, 0.29) is 6.04 Å². The van der Waals surface area contributed by atoms with Crippen molar-refractivity contribution < 1.29 is 0 Å². The van der Waals surface area contributed by atoms with Crippen molar-refractivity contribution in [2.75, 3.05) is 5.75 Å². The van der Waals surface area contributed by atoms with Gasteiger partial charge < -0.3 is 5.73 Å². The summed E-state index contributed by atoms with van der Waals surface area (Å²) in [5.41, 5.74) is 5.43. The topological polar surface area (TPSA) is 49.8 Å². The lowest BCUT2D eigenvalue weighted by atomic mass is 10.3. The van der Waals surface area contributed by atoms with Crippen molar-refractivity contribution in [2.24, 2.45) is 5.73 Å². The molecule has 0 heterocycles. The average molecular weight is 172 g/mol. The fourth-order valence-corrected chi connectivity index (χ4v) is 1.61. The summed E-state index contributed by atoms with van der Waals surface area (Å²) in [4.78, 5) is 0. The van der Waals surface area contributed by atoms with E-state index in [1.165, 1.54) is 6.42 Å². The van der Waals surface area contributed by atoms with Crippen molar-refractivity contribution in [3.63, 3.8) is 0 Å². The predicted octanol–water partition coefficient (Wildman–Crippen LogP) is 1.76. The number of nitriles is 1. The van der Waals surface area contributed by atoms with Gasteiger partial charge in [0.15, 0.2) is 0 Å². The quantitative estimate of drug-likeness (QED) is 0.687. The van der Waals surface area contributed by atoms with Crippen LogP contribution in [0.25, 0.3) is 0 Å². The molecule has 2 N–H and O–H groups in total. The van der Waals surface area contributed by atoms with E-state index in [2.05, 4.69) is 13.8 Å². The van der Waals surface area contributed by atoms with Crippen LogP contribution >= 0.6 is 11.8 Å². The SMILES string of the molecule is CCC(C)SCCC(N)C#N. The summed E-state index contributed by atoms with van der Waals surface area (Å²) >= 11 is 1.89. The Labute approximate surface area is 73.1 Å². The monoisotopic (exact) mass is 172 g/mol. The van der Waals surface area contributed by atoms with Crippen molar-refractivity contribution in [3.05, 3.63) is 0 Å². The van der Waals surface area contributed by atoms with Crippen molar-refractivity contribution in [2.45, 2.75) is 38.0 Å². The Hall–Kier alpha value is -0.200. The summed E-state index contributed by atoms with van der Waals surface area (Å²) in [6.45, 7) is 4.37. The van der Waals surface area contributed by atoms with Gasteiger partial charge in [-0.2, -0.15) is 17.0 Å². The molecule has 0 fully saturated rings. The summed E-state index contributed by atoms with van der Waals surface area (Å²) < 4.78 is 0. The smallest absolute Gasteiger partial charge is 0.0935 e. The van der Waals surface area contributed by atoms with Gasteiger partial charge in [0, 0.05) is 5.25 Å². The number of nitrogens with zero attached hydrogens (tertiary/aromatic N) is 1. The molecule has 0 aliphatic rings. The van der Waals surface area contributed by atoms with Gasteiger partial charge in [-0.1, -0.05) is 13.8 Å². The van der Waals surface area contributed by atoms with Gasteiger partial charge in [0.1, 0.15) is 0 Å². The second-order valence-corrected chi connectivity index (χ2v) is 4.16. The Kier molecular flexibility index (Phi) is 6.39. The maximum atomic E-state index is 8.37. The van der Waals surface area contributed by atoms with Crippen LogP contribution in [0.2, 0.25) is 0 Å². The lowest BCUT2D eigenvalue weighted by molar-refractivity contribution is 0.798. The number of thioether (sulfide) groups is 1. The average Bonchev–Trinajstić information content (AvgIpc) is 2.04. The lowest BCUT2D eigenvalue weighted by Crippen LogP contribution is -2.18. The molecule has 64 valence electrons. The molecule has 11 heavy (non-hydrogen) atoms. The van der Waals surface area contributed by atoms with Crippen LogP contribution in [0.15, 0.2) is 0 Å². The molecule has 0 aromatic rings. The first-order valence-electron chi connectivity index (χ1n) is 3.97. The number of hydrogen-bond acceptors (Lipinski definition) is 3. The van der Waals surface area contributed by atoms with Crippen molar-refractivity contribution >= 4 is 11.8 Å². The summed E-state index contributed by atoms with van der Waals surface area (Å²) in [5.74, 6) is 1.00. The van der Waals surface area contributed by atoms with E-state index in [1.54, 1.807) is 0 Å². The largest absolute Gasteiger partial charge is 0.316 e. The van der Waals surface area contributed by atoms with Crippen LogP contribution in [0.3, 0.4) is 0 Å². The van der Waals surface area contributed by atoms with Crippen LogP contribution in [0.4, 0.5) is 0 Å². The first-order valence-corrected chi connectivity index (χ1v) is 5.02. The van der Waals surface area contributed by atoms with E-state index in [9.17, 15) is 0 Å². The third-order valence-corrected chi connectivity index (χ3v) is 2.95. The standard InChI is InChI=1S/C8H16N2S/c1-3-7(2)11-5-4-8(10)6-9/h7-8H,3-5,10H2,1-2H3. The Morgan fingerprint density at radius 1 is 1.64 bits per heavy atom. The van der Waals surface area contributed by atoms with Gasteiger partial charge in [0.05, 0.1) is 12.1 Å². The van der Waals surface area contributed by atoms with Gasteiger partial charge in [0.25, 0.3) is 0 Å². The van der Waals surface area contributed by atoms with Crippen molar-refractivity contribution in [1.29, 1.82) is 5.26 Å². The van der Waals surface area contributed by atoms with Gasteiger partial charge in [-0.05, 0) is 18.6 Å². The van der Waals surface area contributed by atoms with E-state index >= 15 is 0 Å². The zero-order valence-corrected chi connectivity index (χ0v) is 8.03. The molecule has 0 aliphatic heterocycles. The molecule has 0 rings (SSSR count). The lowest BCUT2D eigenvalue weighted by Gasteiger charge is -2.07. The summed E-state index contributed by atoms with van der Waals surface area (Å²) in [5, 5.41) is 9.07. The molecule has 0 aromatic heterocycles. The van der Waals surface area contributed by atoms with Crippen LogP contribution in [0, 0.1) is 11.3 Å². The van der Waals surface area contributed by atoms with Crippen LogP contribution in [-0.4, -0.2) is 17.0 Å². The minimum atomic E-state index is -0.272. The first-order chi connectivity index (χ1) is 5.20. The van der Waals surface area contributed by atoms with Gasteiger partial charge in [0.2, 0.25) is 0 Å². The van der Waals surface area contributed by atoms with Crippen LogP contribution in [0.1, 0.15) is 26.7 Å². The Morgan fingerprint density at radius 2 is 2.27 bits per heavy atom. The number of nitrogens with two attached hydrogens (primary N) is 1. The minimum absolute atomic E-state index is 0.272. The van der Waals surface area contributed by atoms with Crippen LogP contribution in [-0.2, 0) is 0 Å². The second-order valence-electron chi connectivity index (χ2n) is 2.61. The van der Waals surface area contributed by atoms with Gasteiger partial charge >= 0.3 is 0 Å². The molecular weight excluding hydrogens is 156 g/mol. The van der Waals surface area contributed by atoms with E-state index in [1.807, 2.05) is 17.8 Å². The van der Waals surface area contributed by atoms with Gasteiger partial charge in [-0.25, -0.2) is 0 Å². The van der Waals surface area contributed by atoms with Crippen molar-refractivity contribution in [3.8, 4) is 6.07 Å². The molecular formula is C8H16N2S. The molecule has 0 saturated carbocycles. The third kappa shape index (κ3) is 6.21. The highest BCUT2D eigenvalue weighted by atomic mass is 32.2. The fraction of sp³-hybridized carbons (Fsp3) is 0.875. The van der Waals surface area contributed by atoms with E-state index in [0.29, 0.717) is 5.25 Å². The predicted molar refractivity (Wildman–Crippen MR) is 50.4 cm³/mol. The normalized spacial score (nSPS) is 15.5. The molecule has 0 radical (unpaired) electrons. The van der Waals surface area contributed by atoms with Gasteiger partial charge in [-0.3, -0.25) is 0 Å². The van der Waals surface area contributed by atoms with E-state index in [4.69, 9.17) is 11.0 Å². The molecule has 0 saturated heterocycles. The molecule has 0 spiro atoms. The Balaban J connectivity index is 3.21. The maximum absolute atomic E-state index is 8.37. The zero-order chi connectivity index (χ0) is 8.69. The molecule has 3 heteroatoms. The zero-order valence-electron chi connectivity index (χ0n) is 7.21. The van der Waals surface area contributed by atoms with Crippen LogP contribution in [0.5, 0.6) is 0 Å². The summed E-state index contributed by atoms with van der Waals surface area (Å²) in [6.07, 6.45) is 2.00. The summed E-state index contributed by atoms with van der Waals surface area (Å²) in [7, 11) is 0. The highest BCUT2D eigenvalue weighted by Crippen LogP contribution is 2.14. The second kappa shape index (κ2) is 6.51. The Bertz CT molecular complexity index is 131. The first kappa shape index (κ1) is 10.8. The molecule has 0 aliphatic carbocycles. The fourth-order valence-electron chi connectivity index (χ4n) is 0.579. The number of hydrogen-bond donors (Lipinski definition) is 1. The highest BCUT2D eigenvalue weighted by molar-refractivity contribution is 7.99. The highest BCUT2D eigenvalue weighted by Gasteiger charge is 2.02. The minimum Gasteiger partial charge on any atom is -0.316 e. The van der Waals surface area contributed by atoms with Crippen molar-refractivity contribution in [1.82, 2.24) is 0 Å². The molecule has 0 bridgehead atoms. The number of rotatable bonds is 5. The molecule has 0 amide bonds. The van der Waals surface area contributed by atoms with E-state index in [0.717, 1.165) is 12.2 Å². The molecule has 0 aromatic carbocycles. The van der Waals surface area contributed by atoms with E-state index < -0.39 is 0 Å². The Morgan fingerprint density at radius 3 is 2.73 bits per heavy atom. The van der Waals surface area contributed by atoms with Crippen LogP contribution < -0.4 is 5.73 Å². The third-order valence-electron chi connectivity index (χ3n) is 1.57.